The third-order valence-electron chi connectivity index (χ3n) is 4.69. The number of rotatable bonds is 3. The lowest BCUT2D eigenvalue weighted by molar-refractivity contribution is -0.125. The minimum Gasteiger partial charge on any atom is -0.367 e. The average Bonchev–Trinajstić information content (AvgIpc) is 3.08. The normalized spacial score (nSPS) is 28.1. The first-order valence-electron chi connectivity index (χ1n) is 7.80. The highest BCUT2D eigenvalue weighted by Crippen LogP contribution is 2.26. The van der Waals surface area contributed by atoms with Crippen LogP contribution in [-0.2, 0) is 4.79 Å². The van der Waals surface area contributed by atoms with Crippen LogP contribution in [0.1, 0.15) is 25.7 Å². The third kappa shape index (κ3) is 3.06. The summed E-state index contributed by atoms with van der Waals surface area (Å²) in [7, 11) is 0. The zero-order valence-electron chi connectivity index (χ0n) is 12.4. The van der Waals surface area contributed by atoms with E-state index in [1.54, 1.807) is 0 Å². The Labute approximate surface area is 128 Å². The largest absolute Gasteiger partial charge is 0.367 e. The van der Waals surface area contributed by atoms with Crippen molar-refractivity contribution in [3.63, 3.8) is 0 Å². The van der Waals surface area contributed by atoms with Crippen LogP contribution in [0.15, 0.2) is 18.2 Å². The van der Waals surface area contributed by atoms with Crippen molar-refractivity contribution in [2.45, 2.75) is 37.8 Å². The second-order valence-electron chi connectivity index (χ2n) is 6.24. The minimum absolute atomic E-state index is 0.00949. The van der Waals surface area contributed by atoms with Gasteiger partial charge >= 0.3 is 0 Å². The number of carbonyl (C=O) groups is 1. The first kappa shape index (κ1) is 15.2. The lowest BCUT2D eigenvalue weighted by atomic mass is 10.0. The third-order valence-corrected chi connectivity index (χ3v) is 4.69. The molecular formula is C16H21F2N3O. The number of anilines is 1. The van der Waals surface area contributed by atoms with Crippen LogP contribution in [0.4, 0.5) is 14.5 Å². The van der Waals surface area contributed by atoms with E-state index < -0.39 is 11.6 Å². The molecule has 3 rings (SSSR count). The van der Waals surface area contributed by atoms with Crippen LogP contribution >= 0.6 is 0 Å². The average molecular weight is 309 g/mol. The molecule has 1 aliphatic heterocycles. The van der Waals surface area contributed by atoms with Crippen molar-refractivity contribution in [1.82, 2.24) is 5.32 Å². The topological polar surface area (TPSA) is 58.4 Å². The summed E-state index contributed by atoms with van der Waals surface area (Å²) in [4.78, 5) is 14.1. The van der Waals surface area contributed by atoms with E-state index in [9.17, 15) is 13.6 Å². The number of hydrogen-bond donors (Lipinski definition) is 2. The van der Waals surface area contributed by atoms with Gasteiger partial charge in [0.05, 0.1) is 11.6 Å². The zero-order valence-corrected chi connectivity index (χ0v) is 12.4. The molecular weight excluding hydrogens is 288 g/mol. The standard InChI is InChI=1S/C16H21F2N3O/c17-10-4-5-15(13(18)8-10)21-7-6-11(9-21)20-16(22)12-2-1-3-14(12)19/h4-5,8,11-12,14H,1-3,6-7,9,19H2,(H,20,22). The van der Waals surface area contributed by atoms with Gasteiger partial charge < -0.3 is 16.0 Å². The Hall–Kier alpha value is -1.69. The van der Waals surface area contributed by atoms with Gasteiger partial charge in [0.25, 0.3) is 0 Å². The number of carbonyl (C=O) groups excluding carboxylic acids is 1. The summed E-state index contributed by atoms with van der Waals surface area (Å²) >= 11 is 0. The molecule has 3 unspecified atom stereocenters. The first-order chi connectivity index (χ1) is 10.5. The molecule has 0 spiro atoms. The van der Waals surface area contributed by atoms with Crippen LogP contribution in [0, 0.1) is 17.6 Å². The summed E-state index contributed by atoms with van der Waals surface area (Å²) in [5, 5.41) is 3.02. The smallest absolute Gasteiger partial charge is 0.224 e. The van der Waals surface area contributed by atoms with Gasteiger partial charge in [0.1, 0.15) is 11.6 Å². The predicted molar refractivity (Wildman–Crippen MR) is 80.4 cm³/mol. The molecule has 1 heterocycles. The zero-order chi connectivity index (χ0) is 15.7. The number of halogens is 2. The van der Waals surface area contributed by atoms with Gasteiger partial charge in [-0.2, -0.15) is 0 Å². The molecule has 120 valence electrons. The van der Waals surface area contributed by atoms with Crippen molar-refractivity contribution in [2.24, 2.45) is 11.7 Å². The molecule has 1 aromatic carbocycles. The van der Waals surface area contributed by atoms with E-state index in [2.05, 4.69) is 5.32 Å². The van der Waals surface area contributed by atoms with Crippen molar-refractivity contribution in [2.75, 3.05) is 18.0 Å². The van der Waals surface area contributed by atoms with Crippen LogP contribution < -0.4 is 16.0 Å². The van der Waals surface area contributed by atoms with Gasteiger partial charge in [-0.15, -0.1) is 0 Å². The Morgan fingerprint density at radius 1 is 1.27 bits per heavy atom. The van der Waals surface area contributed by atoms with Crippen LogP contribution in [0.5, 0.6) is 0 Å². The highest BCUT2D eigenvalue weighted by atomic mass is 19.1. The van der Waals surface area contributed by atoms with Crippen LogP contribution in [0.2, 0.25) is 0 Å². The number of nitrogens with two attached hydrogens (primary N) is 1. The highest BCUT2D eigenvalue weighted by molar-refractivity contribution is 5.80. The molecule has 4 nitrogen and oxygen atoms in total. The number of amides is 1. The summed E-state index contributed by atoms with van der Waals surface area (Å²) < 4.78 is 26.8. The molecule has 2 aliphatic rings. The van der Waals surface area contributed by atoms with E-state index in [0.29, 0.717) is 18.8 Å². The quantitative estimate of drug-likeness (QED) is 0.895. The Bertz CT molecular complexity index is 566. The summed E-state index contributed by atoms with van der Waals surface area (Å²) in [6.45, 7) is 1.18. The van der Waals surface area contributed by atoms with Crippen molar-refractivity contribution < 1.29 is 13.6 Å². The lowest BCUT2D eigenvalue weighted by Gasteiger charge is -2.21. The Kier molecular flexibility index (Phi) is 4.29. The van der Waals surface area contributed by atoms with Crippen molar-refractivity contribution >= 4 is 11.6 Å². The molecule has 1 amide bonds. The van der Waals surface area contributed by atoms with Crippen LogP contribution in [-0.4, -0.2) is 31.1 Å². The van der Waals surface area contributed by atoms with Gasteiger partial charge in [-0.05, 0) is 31.4 Å². The van der Waals surface area contributed by atoms with E-state index in [0.717, 1.165) is 31.7 Å². The second kappa shape index (κ2) is 6.20. The molecule has 6 heteroatoms. The van der Waals surface area contributed by atoms with Gasteiger partial charge in [0.15, 0.2) is 0 Å². The number of benzene rings is 1. The molecule has 0 bridgehead atoms. The van der Waals surface area contributed by atoms with Gasteiger partial charge in [-0.1, -0.05) is 6.42 Å². The highest BCUT2D eigenvalue weighted by Gasteiger charge is 2.33. The van der Waals surface area contributed by atoms with Crippen LogP contribution in [0.3, 0.4) is 0 Å². The first-order valence-corrected chi connectivity index (χ1v) is 7.80. The van der Waals surface area contributed by atoms with Gasteiger partial charge in [0, 0.05) is 31.2 Å². The van der Waals surface area contributed by atoms with Gasteiger partial charge in [-0.25, -0.2) is 8.78 Å². The predicted octanol–water partition coefficient (Wildman–Crippen LogP) is 1.79. The molecule has 22 heavy (non-hydrogen) atoms. The van der Waals surface area contributed by atoms with E-state index in [1.807, 2.05) is 4.90 Å². The summed E-state index contributed by atoms with van der Waals surface area (Å²) in [5.41, 5.74) is 6.34. The van der Waals surface area contributed by atoms with E-state index in [1.165, 1.54) is 12.1 Å². The van der Waals surface area contributed by atoms with E-state index in [4.69, 9.17) is 5.73 Å². The minimum atomic E-state index is -0.583. The Balaban J connectivity index is 1.59. The maximum Gasteiger partial charge on any atom is 0.224 e. The fraction of sp³-hybridized carbons (Fsp3) is 0.562. The molecule has 2 fully saturated rings. The molecule has 1 saturated carbocycles. The van der Waals surface area contributed by atoms with Gasteiger partial charge in [-0.3, -0.25) is 4.79 Å². The van der Waals surface area contributed by atoms with Gasteiger partial charge in [0.2, 0.25) is 5.91 Å². The molecule has 1 saturated heterocycles. The van der Waals surface area contributed by atoms with Crippen molar-refractivity contribution in [1.29, 1.82) is 0 Å². The van der Waals surface area contributed by atoms with Crippen molar-refractivity contribution in [3.05, 3.63) is 29.8 Å². The lowest BCUT2D eigenvalue weighted by Crippen LogP contribution is -2.44. The second-order valence-corrected chi connectivity index (χ2v) is 6.24. The maximum atomic E-state index is 13.8. The van der Waals surface area contributed by atoms with Crippen LogP contribution in [0.25, 0.3) is 0 Å². The fourth-order valence-corrected chi connectivity index (χ4v) is 3.46. The van der Waals surface area contributed by atoms with E-state index in [-0.39, 0.29) is 23.9 Å². The summed E-state index contributed by atoms with van der Waals surface area (Å²) in [6, 6.07) is 3.53. The number of hydrogen-bond acceptors (Lipinski definition) is 3. The Morgan fingerprint density at radius 2 is 2.09 bits per heavy atom. The summed E-state index contributed by atoms with van der Waals surface area (Å²) in [6.07, 6.45) is 3.49. The molecule has 1 aliphatic carbocycles. The summed E-state index contributed by atoms with van der Waals surface area (Å²) in [5.74, 6) is -1.24. The molecule has 3 N–H and O–H groups in total. The van der Waals surface area contributed by atoms with E-state index >= 15 is 0 Å². The molecule has 0 aromatic heterocycles. The van der Waals surface area contributed by atoms with Crippen molar-refractivity contribution in [3.8, 4) is 0 Å². The monoisotopic (exact) mass is 309 g/mol. The molecule has 1 aromatic rings. The SMILES string of the molecule is NC1CCCC1C(=O)NC1CCN(c2ccc(F)cc2F)C1. The molecule has 3 atom stereocenters. The number of nitrogens with one attached hydrogen (secondary N) is 1. The molecule has 0 radical (unpaired) electrons. The fourth-order valence-electron chi connectivity index (χ4n) is 3.46. The maximum absolute atomic E-state index is 13.8. The number of nitrogens with zero attached hydrogens (tertiary/aromatic N) is 1. The Morgan fingerprint density at radius 3 is 2.77 bits per heavy atom.